The number of benzene rings is 4. The zero-order chi connectivity index (χ0) is 34.8. The average Bonchev–Trinajstić information content (AvgIpc) is 3.06. The Morgan fingerprint density at radius 2 is 1.48 bits per heavy atom. The van der Waals surface area contributed by atoms with Crippen LogP contribution in [0.25, 0.3) is 0 Å². The maximum absolute atomic E-state index is 14.7. The van der Waals surface area contributed by atoms with Crippen LogP contribution in [0.1, 0.15) is 37.5 Å². The molecule has 0 aliphatic carbocycles. The average molecular weight is 711 g/mol. The summed E-state index contributed by atoms with van der Waals surface area (Å²) in [6, 6.07) is 26.4. The third kappa shape index (κ3) is 9.30. The molecule has 0 radical (unpaired) electrons. The first-order chi connectivity index (χ1) is 22.9. The van der Waals surface area contributed by atoms with Gasteiger partial charge >= 0.3 is 0 Å². The molecule has 254 valence electrons. The Labute approximate surface area is 293 Å². The van der Waals surface area contributed by atoms with Gasteiger partial charge < -0.3 is 15.0 Å². The van der Waals surface area contributed by atoms with Crippen molar-refractivity contribution in [2.24, 2.45) is 5.92 Å². The Kier molecular flexibility index (Phi) is 12.9. The van der Waals surface area contributed by atoms with Crippen molar-refractivity contribution in [3.05, 3.63) is 124 Å². The van der Waals surface area contributed by atoms with Crippen molar-refractivity contribution in [2.45, 2.75) is 51.6 Å². The van der Waals surface area contributed by atoms with Gasteiger partial charge in [-0.3, -0.25) is 13.9 Å². The molecule has 1 unspecified atom stereocenters. The van der Waals surface area contributed by atoms with E-state index in [0.717, 1.165) is 15.4 Å². The molecule has 4 aromatic carbocycles. The lowest BCUT2D eigenvalue weighted by Crippen LogP contribution is -2.53. The maximum Gasteiger partial charge on any atom is 0.264 e. The van der Waals surface area contributed by atoms with Crippen molar-refractivity contribution in [1.82, 2.24) is 10.2 Å². The summed E-state index contributed by atoms with van der Waals surface area (Å²) in [7, 11) is -4.30. The van der Waals surface area contributed by atoms with Crippen molar-refractivity contribution in [1.29, 1.82) is 0 Å². The Morgan fingerprint density at radius 1 is 0.854 bits per heavy atom. The highest BCUT2D eigenvalue weighted by Gasteiger charge is 2.36. The van der Waals surface area contributed by atoms with E-state index >= 15 is 0 Å². The first-order valence-corrected chi connectivity index (χ1v) is 18.0. The van der Waals surface area contributed by atoms with Gasteiger partial charge in [0.05, 0.1) is 17.2 Å². The van der Waals surface area contributed by atoms with Crippen LogP contribution in [0.15, 0.2) is 102 Å². The minimum absolute atomic E-state index is 0.00316. The van der Waals surface area contributed by atoms with Gasteiger partial charge in [-0.1, -0.05) is 103 Å². The summed E-state index contributed by atoms with van der Waals surface area (Å²) in [4.78, 5) is 30.1. The minimum Gasteiger partial charge on any atom is -0.492 e. The molecule has 48 heavy (non-hydrogen) atoms. The summed E-state index contributed by atoms with van der Waals surface area (Å²) in [5.41, 5.74) is 2.32. The van der Waals surface area contributed by atoms with E-state index in [-0.39, 0.29) is 42.0 Å². The standard InChI is InChI=1S/C37H41Cl2N3O5S/c1-5-47-35-17-10-9-16-33(35)42(48(45,46)29-20-18-27(4)19-21-29)25-36(43)41(24-30-31(38)14-11-15-32(30)39)34(37(44)40-23-26(2)3)22-28-12-7-6-8-13-28/h6-21,26,34H,5,22-25H2,1-4H3,(H,40,44). The second kappa shape index (κ2) is 16.9. The van der Waals surface area contributed by atoms with E-state index < -0.39 is 28.5 Å². The number of anilines is 1. The maximum atomic E-state index is 14.7. The molecular weight excluding hydrogens is 669 g/mol. The molecule has 1 atom stereocenters. The fourth-order valence-corrected chi connectivity index (χ4v) is 7.06. The van der Waals surface area contributed by atoms with Gasteiger partial charge in [0, 0.05) is 35.1 Å². The van der Waals surface area contributed by atoms with Crippen LogP contribution in [-0.4, -0.2) is 50.9 Å². The molecule has 0 aromatic heterocycles. The smallest absolute Gasteiger partial charge is 0.264 e. The van der Waals surface area contributed by atoms with Crippen molar-refractivity contribution in [3.8, 4) is 5.75 Å². The largest absolute Gasteiger partial charge is 0.492 e. The van der Waals surface area contributed by atoms with Crippen molar-refractivity contribution in [3.63, 3.8) is 0 Å². The van der Waals surface area contributed by atoms with Gasteiger partial charge in [-0.05, 0) is 61.7 Å². The predicted molar refractivity (Wildman–Crippen MR) is 192 cm³/mol. The molecule has 2 amide bonds. The van der Waals surface area contributed by atoms with Crippen LogP contribution in [0.3, 0.4) is 0 Å². The number of nitrogens with one attached hydrogen (secondary N) is 1. The molecule has 4 aromatic rings. The highest BCUT2D eigenvalue weighted by molar-refractivity contribution is 7.92. The lowest BCUT2D eigenvalue weighted by molar-refractivity contribution is -0.140. The number of hydrogen-bond donors (Lipinski definition) is 1. The van der Waals surface area contributed by atoms with Crippen molar-refractivity contribution >= 4 is 50.7 Å². The fraction of sp³-hybridized carbons (Fsp3) is 0.297. The molecule has 0 saturated carbocycles. The molecule has 0 bridgehead atoms. The number of ether oxygens (including phenoxy) is 1. The number of carbonyl (C=O) groups excluding carboxylic acids is 2. The predicted octanol–water partition coefficient (Wildman–Crippen LogP) is 7.31. The Morgan fingerprint density at radius 3 is 2.10 bits per heavy atom. The van der Waals surface area contributed by atoms with Crippen LogP contribution in [0, 0.1) is 12.8 Å². The van der Waals surface area contributed by atoms with Gasteiger partial charge in [-0.2, -0.15) is 0 Å². The Bertz CT molecular complexity index is 1780. The first kappa shape index (κ1) is 36.8. The minimum atomic E-state index is -4.30. The van der Waals surface area contributed by atoms with Crippen LogP contribution in [0.4, 0.5) is 5.69 Å². The van der Waals surface area contributed by atoms with Crippen LogP contribution in [-0.2, 0) is 32.6 Å². The molecule has 0 saturated heterocycles. The number of aryl methyl sites for hydroxylation is 1. The molecule has 0 fully saturated rings. The van der Waals surface area contributed by atoms with E-state index in [0.29, 0.717) is 27.9 Å². The van der Waals surface area contributed by atoms with Gasteiger partial charge in [0.1, 0.15) is 18.3 Å². The number of para-hydroxylation sites is 2. The van der Waals surface area contributed by atoms with E-state index in [2.05, 4.69) is 5.32 Å². The number of amides is 2. The van der Waals surface area contributed by atoms with E-state index in [1.54, 1.807) is 61.5 Å². The Balaban J connectivity index is 1.87. The summed E-state index contributed by atoms with van der Waals surface area (Å²) in [5.74, 6) is -0.571. The van der Waals surface area contributed by atoms with E-state index in [9.17, 15) is 18.0 Å². The number of carbonyl (C=O) groups is 2. The molecule has 8 nitrogen and oxygen atoms in total. The molecule has 11 heteroatoms. The highest BCUT2D eigenvalue weighted by Crippen LogP contribution is 2.34. The second-order valence-corrected chi connectivity index (χ2v) is 14.5. The molecular formula is C37H41Cl2N3O5S. The monoisotopic (exact) mass is 709 g/mol. The summed E-state index contributed by atoms with van der Waals surface area (Å²) in [6.07, 6.45) is 0.166. The van der Waals surface area contributed by atoms with E-state index in [1.165, 1.54) is 17.0 Å². The van der Waals surface area contributed by atoms with E-state index in [1.807, 2.05) is 51.1 Å². The zero-order valence-corrected chi connectivity index (χ0v) is 29.9. The fourth-order valence-electron chi connectivity index (χ4n) is 5.12. The van der Waals surface area contributed by atoms with Gasteiger partial charge in [-0.15, -0.1) is 0 Å². The molecule has 0 aliphatic heterocycles. The van der Waals surface area contributed by atoms with Crippen LogP contribution in [0.5, 0.6) is 5.75 Å². The third-order valence-electron chi connectivity index (χ3n) is 7.67. The number of rotatable bonds is 15. The lowest BCUT2D eigenvalue weighted by Gasteiger charge is -2.34. The molecule has 4 rings (SSSR count). The Hall–Kier alpha value is -4.05. The summed E-state index contributed by atoms with van der Waals surface area (Å²) < 4.78 is 35.6. The van der Waals surface area contributed by atoms with Gasteiger partial charge in [0.2, 0.25) is 11.8 Å². The van der Waals surface area contributed by atoms with Crippen LogP contribution < -0.4 is 14.4 Å². The third-order valence-corrected chi connectivity index (χ3v) is 10.1. The molecule has 0 spiro atoms. The number of halogens is 2. The number of sulfonamides is 1. The lowest BCUT2D eigenvalue weighted by atomic mass is 10.0. The van der Waals surface area contributed by atoms with Crippen molar-refractivity contribution < 1.29 is 22.7 Å². The molecule has 0 aliphatic rings. The summed E-state index contributed by atoms with van der Waals surface area (Å²) in [5, 5.41) is 3.60. The van der Waals surface area contributed by atoms with Gasteiger partial charge in [-0.25, -0.2) is 8.42 Å². The second-order valence-electron chi connectivity index (χ2n) is 11.8. The summed E-state index contributed by atoms with van der Waals surface area (Å²) in [6.45, 7) is 7.48. The highest BCUT2D eigenvalue weighted by atomic mass is 35.5. The van der Waals surface area contributed by atoms with Gasteiger partial charge in [0.15, 0.2) is 0 Å². The van der Waals surface area contributed by atoms with Crippen molar-refractivity contribution in [2.75, 3.05) is 24.0 Å². The first-order valence-electron chi connectivity index (χ1n) is 15.8. The number of hydrogen-bond acceptors (Lipinski definition) is 5. The number of nitrogens with zero attached hydrogens (tertiary/aromatic N) is 2. The molecule has 0 heterocycles. The zero-order valence-electron chi connectivity index (χ0n) is 27.5. The SMILES string of the molecule is CCOc1ccccc1N(CC(=O)N(Cc1c(Cl)cccc1Cl)C(Cc1ccccc1)C(=O)NCC(C)C)S(=O)(=O)c1ccc(C)cc1. The van der Waals surface area contributed by atoms with Gasteiger partial charge in [0.25, 0.3) is 10.0 Å². The van der Waals surface area contributed by atoms with E-state index in [4.69, 9.17) is 27.9 Å². The molecule has 1 N–H and O–H groups in total. The van der Waals surface area contributed by atoms with Crippen LogP contribution in [0.2, 0.25) is 10.0 Å². The quantitative estimate of drug-likeness (QED) is 0.140. The van der Waals surface area contributed by atoms with Crippen LogP contribution >= 0.6 is 23.2 Å². The normalized spacial score (nSPS) is 12.0. The topological polar surface area (TPSA) is 96.0 Å². The summed E-state index contributed by atoms with van der Waals surface area (Å²) >= 11 is 13.2.